The lowest BCUT2D eigenvalue weighted by atomic mass is 10.0. The van der Waals surface area contributed by atoms with Crippen molar-refractivity contribution in [1.82, 2.24) is 4.31 Å². The van der Waals surface area contributed by atoms with Gasteiger partial charge >= 0.3 is 0 Å². The molecule has 0 aliphatic carbocycles. The van der Waals surface area contributed by atoms with E-state index in [0.717, 1.165) is 11.1 Å². The van der Waals surface area contributed by atoms with Crippen molar-refractivity contribution in [3.63, 3.8) is 0 Å². The number of aryl methyl sites for hydroxylation is 1. The summed E-state index contributed by atoms with van der Waals surface area (Å²) >= 11 is 0. The molecule has 1 aromatic carbocycles. The molecule has 1 heterocycles. The molecule has 4 nitrogen and oxygen atoms in total. The standard InChI is InChI=1S/C15H19NO3S/c1-11-4-6-14(7-5-11)20(18,19)16-9-8-12(2)10-15(16)13(3)17/h4-8,15H,9-10H2,1-3H3. The third-order valence-corrected chi connectivity index (χ3v) is 5.47. The Morgan fingerprint density at radius 2 is 1.80 bits per heavy atom. The van der Waals surface area contributed by atoms with E-state index in [-0.39, 0.29) is 17.2 Å². The average molecular weight is 293 g/mol. The van der Waals surface area contributed by atoms with Crippen LogP contribution in [0.3, 0.4) is 0 Å². The van der Waals surface area contributed by atoms with Crippen molar-refractivity contribution in [3.8, 4) is 0 Å². The molecule has 0 fully saturated rings. The molecule has 0 aromatic heterocycles. The quantitative estimate of drug-likeness (QED) is 0.804. The Morgan fingerprint density at radius 3 is 2.35 bits per heavy atom. The van der Waals surface area contributed by atoms with E-state index in [1.807, 2.05) is 19.9 Å². The summed E-state index contributed by atoms with van der Waals surface area (Å²) in [5, 5.41) is 0. The van der Waals surface area contributed by atoms with E-state index in [4.69, 9.17) is 0 Å². The van der Waals surface area contributed by atoms with Gasteiger partial charge in [0, 0.05) is 6.54 Å². The lowest BCUT2D eigenvalue weighted by molar-refractivity contribution is -0.120. The van der Waals surface area contributed by atoms with Crippen molar-refractivity contribution in [3.05, 3.63) is 41.5 Å². The van der Waals surface area contributed by atoms with Crippen LogP contribution in [0.5, 0.6) is 0 Å². The monoisotopic (exact) mass is 293 g/mol. The van der Waals surface area contributed by atoms with Gasteiger partial charge in [-0.25, -0.2) is 8.42 Å². The second kappa shape index (κ2) is 5.50. The van der Waals surface area contributed by atoms with Crippen LogP contribution in [0.2, 0.25) is 0 Å². The molecule has 1 atom stereocenters. The Morgan fingerprint density at radius 1 is 1.20 bits per heavy atom. The van der Waals surface area contributed by atoms with E-state index < -0.39 is 16.1 Å². The van der Waals surface area contributed by atoms with Crippen molar-refractivity contribution >= 4 is 15.8 Å². The molecule has 0 radical (unpaired) electrons. The van der Waals surface area contributed by atoms with Crippen molar-refractivity contribution in [2.24, 2.45) is 0 Å². The predicted molar refractivity (Wildman–Crippen MR) is 77.9 cm³/mol. The number of benzene rings is 1. The van der Waals surface area contributed by atoms with Crippen LogP contribution in [0.1, 0.15) is 25.8 Å². The van der Waals surface area contributed by atoms with E-state index in [1.54, 1.807) is 24.3 Å². The minimum Gasteiger partial charge on any atom is -0.298 e. The van der Waals surface area contributed by atoms with Gasteiger partial charge in [0.2, 0.25) is 10.0 Å². The summed E-state index contributed by atoms with van der Waals surface area (Å²) in [7, 11) is -3.63. The smallest absolute Gasteiger partial charge is 0.244 e. The Balaban J connectivity index is 2.42. The SMILES string of the molecule is CC(=O)C1CC(C)=CCN1S(=O)(=O)c1ccc(C)cc1. The second-order valence-electron chi connectivity index (χ2n) is 5.27. The van der Waals surface area contributed by atoms with Crippen molar-refractivity contribution in [2.45, 2.75) is 38.1 Å². The normalized spacial score (nSPS) is 20.6. The van der Waals surface area contributed by atoms with E-state index in [1.165, 1.54) is 11.2 Å². The zero-order valence-corrected chi connectivity index (χ0v) is 12.8. The Hall–Kier alpha value is -1.46. The molecule has 0 N–H and O–H groups in total. The topological polar surface area (TPSA) is 54.5 Å². The molecule has 1 aromatic rings. The number of nitrogens with zero attached hydrogens (tertiary/aromatic N) is 1. The molecule has 0 bridgehead atoms. The molecule has 1 unspecified atom stereocenters. The van der Waals surface area contributed by atoms with Crippen LogP contribution >= 0.6 is 0 Å². The molecule has 0 spiro atoms. The maximum absolute atomic E-state index is 12.7. The summed E-state index contributed by atoms with van der Waals surface area (Å²) < 4.78 is 26.6. The van der Waals surface area contributed by atoms with Crippen molar-refractivity contribution in [1.29, 1.82) is 0 Å². The number of rotatable bonds is 3. The number of carbonyl (C=O) groups excluding carboxylic acids is 1. The number of ketones is 1. The van der Waals surface area contributed by atoms with Crippen LogP contribution in [0.4, 0.5) is 0 Å². The zero-order chi connectivity index (χ0) is 14.9. The Labute approximate surface area is 120 Å². The third-order valence-electron chi connectivity index (χ3n) is 3.58. The number of hydrogen-bond donors (Lipinski definition) is 0. The molecule has 2 rings (SSSR count). The van der Waals surface area contributed by atoms with E-state index >= 15 is 0 Å². The van der Waals surface area contributed by atoms with E-state index in [2.05, 4.69) is 0 Å². The molecule has 1 aliphatic rings. The van der Waals surface area contributed by atoms with Crippen LogP contribution in [0.15, 0.2) is 40.8 Å². The van der Waals surface area contributed by atoms with Gasteiger partial charge in [0.25, 0.3) is 0 Å². The minimum absolute atomic E-state index is 0.117. The van der Waals surface area contributed by atoms with Crippen LogP contribution in [0.25, 0.3) is 0 Å². The average Bonchev–Trinajstić information content (AvgIpc) is 2.38. The number of hydrogen-bond acceptors (Lipinski definition) is 3. The van der Waals surface area contributed by atoms with Crippen molar-refractivity contribution < 1.29 is 13.2 Å². The van der Waals surface area contributed by atoms with Gasteiger partial charge in [-0.2, -0.15) is 4.31 Å². The van der Waals surface area contributed by atoms with Gasteiger partial charge in [-0.1, -0.05) is 29.3 Å². The van der Waals surface area contributed by atoms with Crippen LogP contribution in [0, 0.1) is 6.92 Å². The maximum atomic E-state index is 12.7. The van der Waals surface area contributed by atoms with E-state index in [9.17, 15) is 13.2 Å². The van der Waals surface area contributed by atoms with E-state index in [0.29, 0.717) is 6.42 Å². The minimum atomic E-state index is -3.63. The fourth-order valence-corrected chi connectivity index (χ4v) is 3.90. The zero-order valence-electron chi connectivity index (χ0n) is 12.0. The summed E-state index contributed by atoms with van der Waals surface area (Å²) in [5.74, 6) is -0.117. The first-order valence-corrected chi connectivity index (χ1v) is 8.01. The fraction of sp³-hybridized carbons (Fsp3) is 0.400. The first kappa shape index (κ1) is 14.9. The second-order valence-corrected chi connectivity index (χ2v) is 7.16. The molecule has 0 amide bonds. The summed E-state index contributed by atoms with van der Waals surface area (Å²) in [5.41, 5.74) is 2.06. The number of Topliss-reactive ketones (excluding diaryl/α,β-unsaturated/α-hetero) is 1. The molecule has 1 aliphatic heterocycles. The van der Waals surface area contributed by atoms with Gasteiger partial charge in [0.15, 0.2) is 0 Å². The van der Waals surface area contributed by atoms with Crippen molar-refractivity contribution in [2.75, 3.05) is 6.54 Å². The lowest BCUT2D eigenvalue weighted by Gasteiger charge is -2.32. The van der Waals surface area contributed by atoms with Crippen LogP contribution in [-0.2, 0) is 14.8 Å². The summed E-state index contributed by atoms with van der Waals surface area (Å²) in [6, 6.07) is 6.12. The highest BCUT2D eigenvalue weighted by atomic mass is 32.2. The Bertz CT molecular complexity index is 644. The Kier molecular flexibility index (Phi) is 4.11. The number of sulfonamides is 1. The van der Waals surface area contributed by atoms with Gasteiger partial charge in [0.05, 0.1) is 10.9 Å². The highest BCUT2D eigenvalue weighted by Gasteiger charge is 2.35. The molecular weight excluding hydrogens is 274 g/mol. The molecule has 0 saturated heterocycles. The van der Waals surface area contributed by atoms with Gasteiger partial charge in [-0.05, 0) is 39.3 Å². The largest absolute Gasteiger partial charge is 0.298 e. The lowest BCUT2D eigenvalue weighted by Crippen LogP contribution is -2.46. The first-order valence-electron chi connectivity index (χ1n) is 6.57. The fourth-order valence-electron chi connectivity index (χ4n) is 2.32. The van der Waals surface area contributed by atoms with Crippen LogP contribution < -0.4 is 0 Å². The molecule has 0 saturated carbocycles. The van der Waals surface area contributed by atoms with Gasteiger partial charge in [0.1, 0.15) is 5.78 Å². The predicted octanol–water partition coefficient (Wildman–Crippen LogP) is 2.29. The van der Waals surface area contributed by atoms with Crippen LogP contribution in [-0.4, -0.2) is 31.1 Å². The maximum Gasteiger partial charge on any atom is 0.244 e. The molecule has 20 heavy (non-hydrogen) atoms. The highest BCUT2D eigenvalue weighted by Crippen LogP contribution is 2.26. The summed E-state index contributed by atoms with van der Waals surface area (Å²) in [6.07, 6.45) is 2.34. The first-order chi connectivity index (χ1) is 9.32. The molecular formula is C15H19NO3S. The third kappa shape index (κ3) is 2.83. The highest BCUT2D eigenvalue weighted by molar-refractivity contribution is 7.89. The summed E-state index contributed by atoms with van der Waals surface area (Å²) in [4.78, 5) is 12.0. The van der Waals surface area contributed by atoms with Gasteiger partial charge in [-0.3, -0.25) is 4.79 Å². The number of carbonyl (C=O) groups is 1. The van der Waals surface area contributed by atoms with Gasteiger partial charge < -0.3 is 0 Å². The molecule has 5 heteroatoms. The summed E-state index contributed by atoms with van der Waals surface area (Å²) in [6.45, 7) is 5.53. The molecule has 108 valence electrons. The van der Waals surface area contributed by atoms with Gasteiger partial charge in [-0.15, -0.1) is 0 Å².